The van der Waals surface area contributed by atoms with Crippen LogP contribution in [0.1, 0.15) is 137 Å². The first kappa shape index (κ1) is 52.2. The number of nitrogens with one attached hydrogen (secondary N) is 4. The van der Waals surface area contributed by atoms with Crippen LogP contribution in [0.5, 0.6) is 0 Å². The molecule has 7 aromatic rings. The van der Waals surface area contributed by atoms with E-state index in [2.05, 4.69) is 88.1 Å². The first-order valence-electron chi connectivity index (χ1n) is 26.1. The molecule has 0 unspecified atom stereocenters. The van der Waals surface area contributed by atoms with E-state index in [1.807, 2.05) is 84.9 Å². The van der Waals surface area contributed by atoms with Crippen LogP contribution in [0.25, 0.3) is 66.6 Å². The number of para-hydroxylation sites is 2. The van der Waals surface area contributed by atoms with E-state index in [0.717, 1.165) is 112 Å². The highest BCUT2D eigenvalue weighted by atomic mass is 16.6. The number of anilines is 2. The number of rotatable bonds is 14. The molecule has 8 bridgehead atoms. The molecule has 5 heterocycles. The smallest absolute Gasteiger partial charge is 0.303 e. The summed E-state index contributed by atoms with van der Waals surface area (Å²) in [7, 11) is 0. The Bertz CT molecular complexity index is 3450. The Morgan fingerprint density at radius 1 is 0.500 bits per heavy atom. The van der Waals surface area contributed by atoms with Gasteiger partial charge in [-0.3, -0.25) is 19.2 Å². The molecule has 0 spiro atoms. The van der Waals surface area contributed by atoms with Gasteiger partial charge in [0.1, 0.15) is 0 Å². The molecule has 76 heavy (non-hydrogen) atoms. The molecule has 12 heteroatoms. The Morgan fingerprint density at radius 2 is 0.855 bits per heavy atom. The molecule has 0 fully saturated rings. The number of ether oxygens (including phenoxy) is 2. The Hall–Kier alpha value is -8.64. The zero-order valence-corrected chi connectivity index (χ0v) is 44.9. The second kappa shape index (κ2) is 22.1. The lowest BCUT2D eigenvalue weighted by atomic mass is 9.94. The van der Waals surface area contributed by atoms with Crippen molar-refractivity contribution < 1.29 is 28.7 Å². The fourth-order valence-corrected chi connectivity index (χ4v) is 11.0. The first-order valence-corrected chi connectivity index (χ1v) is 26.1. The van der Waals surface area contributed by atoms with E-state index in [0.29, 0.717) is 48.2 Å². The van der Waals surface area contributed by atoms with Gasteiger partial charge in [-0.05, 0) is 122 Å². The Kier molecular flexibility index (Phi) is 15.2. The largest absolute Gasteiger partial charge is 0.447 e. The number of hydrogen-bond donors (Lipinski definition) is 4. The summed E-state index contributed by atoms with van der Waals surface area (Å²) in [6.07, 6.45) is 0.403. The van der Waals surface area contributed by atoms with Crippen LogP contribution in [0.3, 0.4) is 0 Å². The molecule has 0 saturated carbocycles. The van der Waals surface area contributed by atoms with Crippen LogP contribution in [-0.2, 0) is 41.5 Å². The fraction of sp³-hybridized carbons (Fsp3) is 0.250. The van der Waals surface area contributed by atoms with Crippen molar-refractivity contribution in [3.8, 4) is 22.3 Å². The van der Waals surface area contributed by atoms with Crippen LogP contribution in [-0.4, -0.2) is 43.7 Å². The Morgan fingerprint density at radius 3 is 1.20 bits per heavy atom. The van der Waals surface area contributed by atoms with Gasteiger partial charge in [0.15, 0.2) is 0 Å². The van der Waals surface area contributed by atoms with Crippen molar-refractivity contribution in [1.29, 1.82) is 0 Å². The van der Waals surface area contributed by atoms with Gasteiger partial charge >= 0.3 is 11.9 Å². The summed E-state index contributed by atoms with van der Waals surface area (Å²) < 4.78 is 11.3. The topological polar surface area (TPSA) is 168 Å². The lowest BCUT2D eigenvalue weighted by Crippen LogP contribution is -2.25. The van der Waals surface area contributed by atoms with Crippen LogP contribution in [0, 0.1) is 13.8 Å². The standard InChI is InChI=1S/C64H64N6O6/c1-11-43-35(5)57-55(47-29-21-23-31-49(47)69-63(73)61(75-39(9)71)41-25-17-15-18-26-41)58-37(7)45(13-3)53(67-58)34-54-46(14-4)38(8)60(68-54)56(59-36(6)44(12-2)52(66-59)33-51(43)65-57)48-30-22-24-32-50(48)70-64(74)62(76-40(10)72)42-27-19-16-20-28-42/h15-34,61-62,65,68H,11-14H2,1-10H3,(H,69,73)(H,70,74)/t61-,62-/m0/s1. The Balaban J connectivity index is 1.36. The summed E-state index contributed by atoms with van der Waals surface area (Å²) in [6.45, 7) is 19.7. The quantitative estimate of drug-likeness (QED) is 0.0781. The summed E-state index contributed by atoms with van der Waals surface area (Å²) in [5.74, 6) is -2.13. The van der Waals surface area contributed by atoms with Crippen LogP contribution in [0.2, 0.25) is 0 Å². The molecule has 12 nitrogen and oxygen atoms in total. The molecule has 0 saturated heterocycles. The van der Waals surface area contributed by atoms with Gasteiger partial charge < -0.3 is 30.1 Å². The van der Waals surface area contributed by atoms with E-state index in [-0.39, 0.29) is 0 Å². The highest BCUT2D eigenvalue weighted by Gasteiger charge is 2.30. The number of carbonyl (C=O) groups excluding carboxylic acids is 4. The minimum absolute atomic E-state index is 0.491. The van der Waals surface area contributed by atoms with Gasteiger partial charge in [0.25, 0.3) is 11.8 Å². The molecule has 4 aromatic carbocycles. The minimum atomic E-state index is -1.19. The molecule has 2 aliphatic rings. The molecular formula is C64H64N6O6. The van der Waals surface area contributed by atoms with E-state index in [1.165, 1.54) is 13.8 Å². The molecule has 9 rings (SSSR count). The van der Waals surface area contributed by atoms with E-state index in [4.69, 9.17) is 19.4 Å². The maximum absolute atomic E-state index is 14.4. The molecule has 386 valence electrons. The van der Waals surface area contributed by atoms with Crippen molar-refractivity contribution in [3.63, 3.8) is 0 Å². The predicted molar refractivity (Wildman–Crippen MR) is 305 cm³/mol. The maximum Gasteiger partial charge on any atom is 0.303 e. The minimum Gasteiger partial charge on any atom is -0.447 e. The zero-order valence-electron chi connectivity index (χ0n) is 44.9. The summed E-state index contributed by atoms with van der Waals surface area (Å²) in [5.41, 5.74) is 20.3. The van der Waals surface area contributed by atoms with Crippen LogP contribution < -0.4 is 10.6 Å². The number of carbonyl (C=O) groups is 4. The number of benzene rings is 4. The van der Waals surface area contributed by atoms with Crippen molar-refractivity contribution in [1.82, 2.24) is 19.9 Å². The van der Waals surface area contributed by atoms with Crippen molar-refractivity contribution in [2.75, 3.05) is 10.6 Å². The zero-order chi connectivity index (χ0) is 53.9. The third-order valence-electron chi connectivity index (χ3n) is 14.6. The van der Waals surface area contributed by atoms with Gasteiger partial charge in [-0.15, -0.1) is 0 Å². The summed E-state index contributed by atoms with van der Waals surface area (Å²) in [5, 5.41) is 6.34. The van der Waals surface area contributed by atoms with Gasteiger partial charge in [-0.1, -0.05) is 125 Å². The second-order valence-corrected chi connectivity index (χ2v) is 19.3. The number of fused-ring (bicyclic) bond motifs is 8. The fourth-order valence-electron chi connectivity index (χ4n) is 11.0. The molecular weight excluding hydrogens is 949 g/mol. The lowest BCUT2D eigenvalue weighted by Gasteiger charge is -2.19. The second-order valence-electron chi connectivity index (χ2n) is 19.3. The summed E-state index contributed by atoms with van der Waals surface area (Å²) in [4.78, 5) is 72.7. The van der Waals surface area contributed by atoms with Crippen molar-refractivity contribution in [2.24, 2.45) is 0 Å². The SMILES string of the molecule is CCC1=C(C)c2nc1cc1[nH]c(c(C)c1CC)c(-c1ccccc1NC(=O)[C@@H](OC(C)=O)c1ccccc1)c1nc(cc3[nH]c(c(C)c3CC)c2-c2ccccc2NC(=O)[C@@H](OC(C)=O)c2ccccc2)C(CC)=C1C. The number of amides is 2. The number of H-pyrrole nitrogens is 2. The molecule has 2 amide bonds. The third kappa shape index (κ3) is 9.90. The van der Waals surface area contributed by atoms with Gasteiger partial charge in [-0.2, -0.15) is 0 Å². The summed E-state index contributed by atoms with van der Waals surface area (Å²) in [6, 6.07) is 37.7. The lowest BCUT2D eigenvalue weighted by molar-refractivity contribution is -0.152. The predicted octanol–water partition coefficient (Wildman–Crippen LogP) is 14.6. The Labute approximate surface area is 443 Å². The van der Waals surface area contributed by atoms with Gasteiger partial charge in [-0.25, -0.2) is 9.97 Å². The number of allylic oxidation sites excluding steroid dienone is 4. The van der Waals surface area contributed by atoms with Gasteiger partial charge in [0.05, 0.1) is 33.8 Å². The number of hydrogen-bond acceptors (Lipinski definition) is 8. The molecule has 2 atom stereocenters. The van der Waals surface area contributed by atoms with Crippen molar-refractivity contribution in [3.05, 3.63) is 177 Å². The molecule has 4 N–H and O–H groups in total. The van der Waals surface area contributed by atoms with Crippen LogP contribution >= 0.6 is 0 Å². The monoisotopic (exact) mass is 1010 g/mol. The van der Waals surface area contributed by atoms with Crippen molar-refractivity contribution in [2.45, 2.75) is 107 Å². The van der Waals surface area contributed by atoms with Crippen molar-refractivity contribution >= 4 is 79.5 Å². The molecule has 0 aliphatic carbocycles. The van der Waals surface area contributed by atoms with E-state index in [1.54, 1.807) is 24.3 Å². The third-order valence-corrected chi connectivity index (χ3v) is 14.6. The van der Waals surface area contributed by atoms with Crippen LogP contribution in [0.4, 0.5) is 11.4 Å². The number of aromatic amines is 2. The molecule has 0 radical (unpaired) electrons. The molecule has 2 aliphatic heterocycles. The van der Waals surface area contributed by atoms with Gasteiger partial charge in [0, 0.05) is 69.6 Å². The highest BCUT2D eigenvalue weighted by molar-refractivity contribution is 6.08. The first-order chi connectivity index (χ1) is 36.7. The average Bonchev–Trinajstić information content (AvgIpc) is 4.13. The highest BCUT2D eigenvalue weighted by Crippen LogP contribution is 2.46. The number of nitrogens with zero attached hydrogens (tertiary/aromatic N) is 2. The van der Waals surface area contributed by atoms with E-state index >= 15 is 0 Å². The number of aromatic nitrogens is 4. The number of esters is 2. The van der Waals surface area contributed by atoms with E-state index < -0.39 is 36.0 Å². The normalized spacial score (nSPS) is 13.1. The number of aryl methyl sites for hydroxylation is 4. The average molecular weight is 1010 g/mol. The maximum atomic E-state index is 14.4. The van der Waals surface area contributed by atoms with E-state index in [9.17, 15) is 19.2 Å². The molecule has 3 aromatic heterocycles. The van der Waals surface area contributed by atoms with Gasteiger partial charge in [0.2, 0.25) is 12.2 Å². The van der Waals surface area contributed by atoms with Crippen LogP contribution in [0.15, 0.2) is 121 Å². The summed E-state index contributed by atoms with van der Waals surface area (Å²) >= 11 is 0.